The van der Waals surface area contributed by atoms with E-state index >= 15 is 0 Å². The SMILES string of the molecule is CCO[Si]1(OCC)OCCNCCO[Si](OCC)(OCC)OCCNCCO1. The second-order valence-corrected chi connectivity index (χ2v) is 9.94. The lowest BCUT2D eigenvalue weighted by Crippen LogP contribution is -2.52. The summed E-state index contributed by atoms with van der Waals surface area (Å²) in [6, 6.07) is 0. The van der Waals surface area contributed by atoms with Crippen LogP contribution in [0.3, 0.4) is 0 Å². The van der Waals surface area contributed by atoms with E-state index in [1.165, 1.54) is 0 Å². The molecule has 0 aromatic carbocycles. The van der Waals surface area contributed by atoms with Crippen LogP contribution in [-0.2, 0) is 35.4 Å². The van der Waals surface area contributed by atoms with Crippen LogP contribution in [0.15, 0.2) is 0 Å². The molecule has 1 heterocycles. The van der Waals surface area contributed by atoms with Crippen molar-refractivity contribution in [3.8, 4) is 0 Å². The maximum atomic E-state index is 5.91. The minimum atomic E-state index is -3.13. The van der Waals surface area contributed by atoms with Gasteiger partial charge in [-0.15, -0.1) is 0 Å². The molecule has 0 aromatic rings. The van der Waals surface area contributed by atoms with E-state index < -0.39 is 18.1 Å². The average molecular weight is 443 g/mol. The zero-order valence-electron chi connectivity index (χ0n) is 17.8. The van der Waals surface area contributed by atoms with E-state index in [4.69, 9.17) is 35.4 Å². The Balaban J connectivity index is 2.65. The largest absolute Gasteiger partial charge is 0.679 e. The van der Waals surface area contributed by atoms with Gasteiger partial charge < -0.3 is 46.0 Å². The van der Waals surface area contributed by atoms with Gasteiger partial charge in [-0.25, -0.2) is 0 Å². The Bertz CT molecular complexity index is 319. The van der Waals surface area contributed by atoms with Crippen LogP contribution in [-0.4, -0.2) is 97.1 Å². The summed E-state index contributed by atoms with van der Waals surface area (Å²) in [5, 5.41) is 6.52. The average Bonchev–Trinajstić information content (AvgIpc) is 2.66. The molecule has 1 rings (SSSR count). The highest BCUT2D eigenvalue weighted by molar-refractivity contribution is 6.53. The third-order valence-corrected chi connectivity index (χ3v) is 8.31. The van der Waals surface area contributed by atoms with E-state index in [-0.39, 0.29) is 0 Å². The summed E-state index contributed by atoms with van der Waals surface area (Å²) in [5.41, 5.74) is 0. The van der Waals surface area contributed by atoms with Crippen LogP contribution in [0.25, 0.3) is 0 Å². The summed E-state index contributed by atoms with van der Waals surface area (Å²) >= 11 is 0. The molecule has 0 bridgehead atoms. The molecular weight excluding hydrogens is 404 g/mol. The summed E-state index contributed by atoms with van der Waals surface area (Å²) in [7, 11) is -6.26. The van der Waals surface area contributed by atoms with Gasteiger partial charge in [0.15, 0.2) is 0 Å². The zero-order chi connectivity index (χ0) is 20.6. The quantitative estimate of drug-likeness (QED) is 0.510. The van der Waals surface area contributed by atoms with Crippen LogP contribution in [0.2, 0.25) is 0 Å². The van der Waals surface area contributed by atoms with Gasteiger partial charge in [-0.2, -0.15) is 0 Å². The summed E-state index contributed by atoms with van der Waals surface area (Å²) in [4.78, 5) is 0. The smallest absolute Gasteiger partial charge is 0.351 e. The summed E-state index contributed by atoms with van der Waals surface area (Å²) in [5.74, 6) is 0. The van der Waals surface area contributed by atoms with Crippen molar-refractivity contribution in [1.29, 1.82) is 0 Å². The first-order valence-corrected chi connectivity index (χ1v) is 13.5. The summed E-state index contributed by atoms with van der Waals surface area (Å²) in [6.45, 7) is 13.6. The van der Waals surface area contributed by atoms with Crippen LogP contribution in [0.5, 0.6) is 0 Å². The Morgan fingerprint density at radius 3 is 1.00 bits per heavy atom. The molecule has 1 aliphatic rings. The van der Waals surface area contributed by atoms with Crippen molar-refractivity contribution in [1.82, 2.24) is 10.6 Å². The number of nitrogens with one attached hydrogen (secondary N) is 2. The van der Waals surface area contributed by atoms with E-state index in [0.717, 1.165) is 0 Å². The van der Waals surface area contributed by atoms with E-state index in [0.29, 0.717) is 79.0 Å². The molecule has 0 atom stereocenters. The number of hydrogen-bond donors (Lipinski definition) is 2. The molecule has 1 fully saturated rings. The van der Waals surface area contributed by atoms with Gasteiger partial charge in [0, 0.05) is 52.6 Å². The molecule has 0 aromatic heterocycles. The molecule has 0 aliphatic carbocycles. The van der Waals surface area contributed by atoms with Crippen LogP contribution < -0.4 is 10.6 Å². The van der Waals surface area contributed by atoms with Crippen LogP contribution in [0, 0.1) is 0 Å². The van der Waals surface area contributed by atoms with Crippen molar-refractivity contribution >= 4 is 18.1 Å². The van der Waals surface area contributed by atoms with E-state index in [9.17, 15) is 0 Å². The van der Waals surface area contributed by atoms with Crippen molar-refractivity contribution in [3.05, 3.63) is 0 Å². The van der Waals surface area contributed by atoms with Crippen molar-refractivity contribution < 1.29 is 35.4 Å². The van der Waals surface area contributed by atoms with Crippen LogP contribution in [0.4, 0.5) is 0 Å². The van der Waals surface area contributed by atoms with Crippen molar-refractivity contribution in [2.45, 2.75) is 27.7 Å². The van der Waals surface area contributed by atoms with Crippen molar-refractivity contribution in [2.24, 2.45) is 0 Å². The Morgan fingerprint density at radius 1 is 0.536 bits per heavy atom. The standard InChI is InChI=1S/C16H38N2O8Si2/c1-5-19-27(20-6-2)23-13-9-17-11-15-25-28(21-7-3,22-8-4)26-16-12-18-10-14-24-27/h17-18H,5-16H2,1-4H3. The van der Waals surface area contributed by atoms with Gasteiger partial charge in [0.25, 0.3) is 0 Å². The fraction of sp³-hybridized carbons (Fsp3) is 1.00. The molecule has 0 spiro atoms. The van der Waals surface area contributed by atoms with Gasteiger partial charge >= 0.3 is 18.1 Å². The molecule has 0 amide bonds. The van der Waals surface area contributed by atoms with Gasteiger partial charge in [0.1, 0.15) is 0 Å². The first-order valence-electron chi connectivity index (χ1n) is 10.2. The number of hydrogen-bond acceptors (Lipinski definition) is 10. The summed E-state index contributed by atoms with van der Waals surface area (Å²) < 4.78 is 46.6. The lowest BCUT2D eigenvalue weighted by molar-refractivity contribution is -0.0336. The van der Waals surface area contributed by atoms with Crippen LogP contribution >= 0.6 is 0 Å². The van der Waals surface area contributed by atoms with Gasteiger partial charge in [0.2, 0.25) is 0 Å². The fourth-order valence-corrected chi connectivity index (χ4v) is 6.27. The highest BCUT2D eigenvalue weighted by atomic mass is 28.4. The van der Waals surface area contributed by atoms with Gasteiger partial charge in [-0.1, -0.05) is 0 Å². The fourth-order valence-electron chi connectivity index (χ4n) is 2.45. The molecule has 0 radical (unpaired) electrons. The van der Waals surface area contributed by atoms with Crippen molar-refractivity contribution in [3.63, 3.8) is 0 Å². The molecule has 1 aliphatic heterocycles. The van der Waals surface area contributed by atoms with E-state index in [2.05, 4.69) is 10.6 Å². The molecule has 0 unspecified atom stereocenters. The Kier molecular flexibility index (Phi) is 14.7. The van der Waals surface area contributed by atoms with Gasteiger partial charge in [0.05, 0.1) is 26.4 Å². The van der Waals surface area contributed by atoms with Gasteiger partial charge in [-0.3, -0.25) is 0 Å². The summed E-state index contributed by atoms with van der Waals surface area (Å²) in [6.07, 6.45) is 0. The monoisotopic (exact) mass is 442 g/mol. The number of rotatable bonds is 8. The second-order valence-electron chi connectivity index (χ2n) is 5.63. The molecule has 168 valence electrons. The highest BCUT2D eigenvalue weighted by Crippen LogP contribution is 2.13. The predicted octanol–water partition coefficient (Wildman–Crippen LogP) is 0.263. The van der Waals surface area contributed by atoms with E-state index in [1.54, 1.807) is 0 Å². The molecule has 10 nitrogen and oxygen atoms in total. The Labute approximate surface area is 171 Å². The maximum Gasteiger partial charge on any atom is 0.679 e. The second kappa shape index (κ2) is 15.8. The van der Waals surface area contributed by atoms with Crippen molar-refractivity contribution in [2.75, 3.05) is 79.0 Å². The molecular formula is C16H38N2O8Si2. The molecule has 0 saturated carbocycles. The van der Waals surface area contributed by atoms with E-state index in [1.807, 2.05) is 27.7 Å². The molecule has 12 heteroatoms. The Hall–Kier alpha value is 0.0338. The maximum absolute atomic E-state index is 5.91. The normalized spacial score (nSPS) is 22.7. The molecule has 2 N–H and O–H groups in total. The van der Waals surface area contributed by atoms with Crippen LogP contribution in [0.1, 0.15) is 27.7 Å². The minimum Gasteiger partial charge on any atom is -0.351 e. The topological polar surface area (TPSA) is 97.9 Å². The third kappa shape index (κ3) is 10.2. The first kappa shape index (κ1) is 26.1. The lowest BCUT2D eigenvalue weighted by atomic mass is 10.6. The van der Waals surface area contributed by atoms with Gasteiger partial charge in [-0.05, 0) is 27.7 Å². The molecule has 1 saturated heterocycles. The predicted molar refractivity (Wildman–Crippen MR) is 108 cm³/mol. The first-order chi connectivity index (χ1) is 13.7. The highest BCUT2D eigenvalue weighted by Gasteiger charge is 2.46. The third-order valence-electron chi connectivity index (χ3n) is 3.52. The Morgan fingerprint density at radius 2 is 0.786 bits per heavy atom. The zero-order valence-corrected chi connectivity index (χ0v) is 19.8. The molecule has 28 heavy (non-hydrogen) atoms. The minimum absolute atomic E-state index is 0.412. The lowest BCUT2D eigenvalue weighted by Gasteiger charge is -2.29.